The fourth-order valence-corrected chi connectivity index (χ4v) is 2.62. The predicted octanol–water partition coefficient (Wildman–Crippen LogP) is 0.713. The third kappa shape index (κ3) is 3.64. The van der Waals surface area contributed by atoms with Crippen LogP contribution in [0.5, 0.6) is 5.75 Å². The molecule has 5 heteroatoms. The number of phenolic OH excluding ortho intramolecular Hbond substituents is 1. The summed E-state index contributed by atoms with van der Waals surface area (Å²) in [6.45, 7) is 0.631. The maximum absolute atomic E-state index is 11.7. The largest absolute Gasteiger partial charge is 0.508 e. The zero-order valence-corrected chi connectivity index (χ0v) is 10.3. The van der Waals surface area contributed by atoms with Crippen molar-refractivity contribution in [2.75, 3.05) is 18.2 Å². The van der Waals surface area contributed by atoms with Crippen LogP contribution in [0.15, 0.2) is 24.3 Å². The lowest BCUT2D eigenvalue weighted by molar-refractivity contribution is -0.122. The predicted molar refractivity (Wildman–Crippen MR) is 69.1 cm³/mol. The van der Waals surface area contributed by atoms with E-state index in [2.05, 4.69) is 10.6 Å². The van der Waals surface area contributed by atoms with Crippen LogP contribution < -0.4 is 10.6 Å². The van der Waals surface area contributed by atoms with Gasteiger partial charge in [-0.15, -0.1) is 11.8 Å². The summed E-state index contributed by atoms with van der Waals surface area (Å²) >= 11 is 1.74. The van der Waals surface area contributed by atoms with E-state index in [9.17, 15) is 4.79 Å². The molecule has 0 saturated carbocycles. The van der Waals surface area contributed by atoms with E-state index in [4.69, 9.17) is 5.11 Å². The first kappa shape index (κ1) is 12.3. The molecule has 1 aliphatic heterocycles. The van der Waals surface area contributed by atoms with Crippen molar-refractivity contribution < 1.29 is 9.90 Å². The second kappa shape index (κ2) is 5.93. The van der Waals surface area contributed by atoms with Gasteiger partial charge in [0.25, 0.3) is 0 Å². The topological polar surface area (TPSA) is 61.4 Å². The second-order valence-corrected chi connectivity index (χ2v) is 5.01. The summed E-state index contributed by atoms with van der Waals surface area (Å²) in [4.78, 5) is 11.7. The standard InChI is InChI=1S/C12H16N2O2S/c15-10-3-1-9(2-4-10)5-6-13-12(16)11-7-17-8-14-11/h1-4,11,14-15H,5-8H2,(H,13,16). The smallest absolute Gasteiger partial charge is 0.238 e. The number of hydrogen-bond acceptors (Lipinski definition) is 4. The highest BCUT2D eigenvalue weighted by Crippen LogP contribution is 2.10. The number of carbonyl (C=O) groups is 1. The molecule has 4 nitrogen and oxygen atoms in total. The van der Waals surface area contributed by atoms with Crippen LogP contribution >= 0.6 is 11.8 Å². The van der Waals surface area contributed by atoms with E-state index >= 15 is 0 Å². The van der Waals surface area contributed by atoms with E-state index in [-0.39, 0.29) is 17.7 Å². The van der Waals surface area contributed by atoms with Crippen molar-refractivity contribution in [3.63, 3.8) is 0 Å². The van der Waals surface area contributed by atoms with Crippen LogP contribution in [0, 0.1) is 0 Å². The van der Waals surface area contributed by atoms with Gasteiger partial charge in [0.2, 0.25) is 5.91 Å². The number of aromatic hydroxyl groups is 1. The number of phenols is 1. The van der Waals surface area contributed by atoms with Crippen LogP contribution in [0.2, 0.25) is 0 Å². The summed E-state index contributed by atoms with van der Waals surface area (Å²) in [6.07, 6.45) is 0.784. The quantitative estimate of drug-likeness (QED) is 0.739. The summed E-state index contributed by atoms with van der Waals surface area (Å²) in [5.41, 5.74) is 1.11. The van der Waals surface area contributed by atoms with Gasteiger partial charge in [-0.1, -0.05) is 12.1 Å². The molecule has 0 spiro atoms. The van der Waals surface area contributed by atoms with Crippen LogP contribution in [-0.4, -0.2) is 35.2 Å². The Balaban J connectivity index is 1.72. The fraction of sp³-hybridized carbons (Fsp3) is 0.417. The number of amides is 1. The zero-order valence-electron chi connectivity index (χ0n) is 9.48. The van der Waals surface area contributed by atoms with Crippen molar-refractivity contribution in [1.82, 2.24) is 10.6 Å². The first-order chi connectivity index (χ1) is 8.25. The summed E-state index contributed by atoms with van der Waals surface area (Å²) in [5.74, 6) is 2.06. The fourth-order valence-electron chi connectivity index (χ4n) is 1.68. The second-order valence-electron chi connectivity index (χ2n) is 3.98. The Kier molecular flexibility index (Phi) is 4.28. The van der Waals surface area contributed by atoms with Crippen molar-refractivity contribution in [1.29, 1.82) is 0 Å². The molecule has 1 heterocycles. The highest BCUT2D eigenvalue weighted by Gasteiger charge is 2.21. The van der Waals surface area contributed by atoms with Crippen LogP contribution in [0.4, 0.5) is 0 Å². The Morgan fingerprint density at radius 2 is 2.24 bits per heavy atom. The molecule has 1 saturated heterocycles. The zero-order chi connectivity index (χ0) is 12.1. The third-order valence-corrected chi connectivity index (χ3v) is 3.62. The molecule has 0 aliphatic carbocycles. The summed E-state index contributed by atoms with van der Waals surface area (Å²) < 4.78 is 0. The van der Waals surface area contributed by atoms with Gasteiger partial charge >= 0.3 is 0 Å². The first-order valence-electron chi connectivity index (χ1n) is 5.62. The molecule has 0 bridgehead atoms. The lowest BCUT2D eigenvalue weighted by Crippen LogP contribution is -2.42. The van der Waals surface area contributed by atoms with E-state index in [1.54, 1.807) is 23.9 Å². The molecule has 1 fully saturated rings. The molecule has 1 atom stereocenters. The molecule has 17 heavy (non-hydrogen) atoms. The number of nitrogens with one attached hydrogen (secondary N) is 2. The average Bonchev–Trinajstić information content (AvgIpc) is 2.85. The molecule has 1 aromatic carbocycles. The van der Waals surface area contributed by atoms with Gasteiger partial charge in [0.15, 0.2) is 0 Å². The van der Waals surface area contributed by atoms with E-state index in [1.165, 1.54) is 0 Å². The molecule has 1 amide bonds. The van der Waals surface area contributed by atoms with Crippen LogP contribution in [-0.2, 0) is 11.2 Å². The Labute approximate surface area is 105 Å². The minimum absolute atomic E-state index is 0.0418. The minimum Gasteiger partial charge on any atom is -0.508 e. The van der Waals surface area contributed by atoms with Gasteiger partial charge in [-0.25, -0.2) is 0 Å². The highest BCUT2D eigenvalue weighted by atomic mass is 32.2. The first-order valence-corrected chi connectivity index (χ1v) is 6.78. The molecular weight excluding hydrogens is 236 g/mol. The Morgan fingerprint density at radius 3 is 2.88 bits per heavy atom. The van der Waals surface area contributed by atoms with Gasteiger partial charge in [0, 0.05) is 18.2 Å². The molecule has 1 unspecified atom stereocenters. The van der Waals surface area contributed by atoms with E-state index < -0.39 is 0 Å². The summed E-state index contributed by atoms with van der Waals surface area (Å²) in [6, 6.07) is 7.01. The lowest BCUT2D eigenvalue weighted by Gasteiger charge is -2.10. The number of carbonyl (C=O) groups excluding carboxylic acids is 1. The number of benzene rings is 1. The molecule has 92 valence electrons. The van der Waals surface area contributed by atoms with Gasteiger partial charge < -0.3 is 10.4 Å². The third-order valence-electron chi connectivity index (χ3n) is 2.68. The minimum atomic E-state index is -0.0418. The molecule has 1 aliphatic rings. The van der Waals surface area contributed by atoms with Gasteiger partial charge in [-0.2, -0.15) is 0 Å². The summed E-state index contributed by atoms with van der Waals surface area (Å²) in [7, 11) is 0. The monoisotopic (exact) mass is 252 g/mol. The van der Waals surface area contributed by atoms with Gasteiger partial charge in [0.1, 0.15) is 5.75 Å². The number of hydrogen-bond donors (Lipinski definition) is 3. The van der Waals surface area contributed by atoms with E-state index in [1.807, 2.05) is 12.1 Å². The number of rotatable bonds is 4. The van der Waals surface area contributed by atoms with Crippen molar-refractivity contribution in [2.24, 2.45) is 0 Å². The Hall–Kier alpha value is -1.20. The number of thioether (sulfide) groups is 1. The maximum Gasteiger partial charge on any atom is 0.238 e. The van der Waals surface area contributed by atoms with E-state index in [0.717, 1.165) is 23.6 Å². The average molecular weight is 252 g/mol. The van der Waals surface area contributed by atoms with Crippen LogP contribution in [0.1, 0.15) is 5.56 Å². The van der Waals surface area contributed by atoms with Crippen molar-refractivity contribution in [3.05, 3.63) is 29.8 Å². The van der Waals surface area contributed by atoms with Gasteiger partial charge in [-0.3, -0.25) is 10.1 Å². The molecular formula is C12H16N2O2S. The van der Waals surface area contributed by atoms with Crippen LogP contribution in [0.3, 0.4) is 0 Å². The molecule has 1 aromatic rings. The SMILES string of the molecule is O=C(NCCc1ccc(O)cc1)C1CSCN1. The van der Waals surface area contributed by atoms with Crippen molar-refractivity contribution in [2.45, 2.75) is 12.5 Å². The van der Waals surface area contributed by atoms with Crippen molar-refractivity contribution >= 4 is 17.7 Å². The van der Waals surface area contributed by atoms with Gasteiger partial charge in [-0.05, 0) is 24.1 Å². The van der Waals surface area contributed by atoms with E-state index in [0.29, 0.717) is 6.54 Å². The van der Waals surface area contributed by atoms with Crippen LogP contribution in [0.25, 0.3) is 0 Å². The van der Waals surface area contributed by atoms with Crippen molar-refractivity contribution in [3.8, 4) is 5.75 Å². The normalized spacial score (nSPS) is 19.2. The Morgan fingerprint density at radius 1 is 1.47 bits per heavy atom. The molecule has 0 aromatic heterocycles. The maximum atomic E-state index is 11.7. The molecule has 2 rings (SSSR count). The van der Waals surface area contributed by atoms with Gasteiger partial charge in [0.05, 0.1) is 6.04 Å². The molecule has 3 N–H and O–H groups in total. The Bertz CT molecular complexity index is 375. The summed E-state index contributed by atoms with van der Waals surface area (Å²) in [5, 5.41) is 15.2. The lowest BCUT2D eigenvalue weighted by atomic mass is 10.1. The highest BCUT2D eigenvalue weighted by molar-refractivity contribution is 7.99. The molecule has 0 radical (unpaired) electrons.